The van der Waals surface area contributed by atoms with Gasteiger partial charge in [-0.1, -0.05) is 69.4 Å². The summed E-state index contributed by atoms with van der Waals surface area (Å²) in [6, 6.07) is 7.55. The van der Waals surface area contributed by atoms with E-state index >= 15 is 0 Å². The molecule has 0 radical (unpaired) electrons. The predicted molar refractivity (Wildman–Crippen MR) is 126 cm³/mol. The van der Waals surface area contributed by atoms with E-state index in [1.165, 1.54) is 38.5 Å². The second-order valence-corrected chi connectivity index (χ2v) is 8.47. The number of hydrogen-bond acceptors (Lipinski definition) is 5. The van der Waals surface area contributed by atoms with Gasteiger partial charge >= 0.3 is 5.97 Å². The number of benzene rings is 1. The largest absolute Gasteiger partial charge is 0.481 e. The molecule has 0 spiro atoms. The molecule has 32 heavy (non-hydrogen) atoms. The normalized spacial score (nSPS) is 18.8. The zero-order valence-corrected chi connectivity index (χ0v) is 19.4. The maximum Gasteiger partial charge on any atom is 0.303 e. The minimum Gasteiger partial charge on any atom is -0.481 e. The van der Waals surface area contributed by atoms with Gasteiger partial charge in [0.15, 0.2) is 0 Å². The Morgan fingerprint density at radius 2 is 1.97 bits per heavy atom. The molecule has 0 bridgehead atoms. The number of rotatable bonds is 16. The third kappa shape index (κ3) is 9.23. The van der Waals surface area contributed by atoms with Crippen LogP contribution in [0.25, 0.3) is 6.08 Å². The van der Waals surface area contributed by atoms with Crippen molar-refractivity contribution in [3.8, 4) is 0 Å². The van der Waals surface area contributed by atoms with E-state index < -0.39 is 11.8 Å². The summed E-state index contributed by atoms with van der Waals surface area (Å²) in [6.07, 6.45) is 15.6. The van der Waals surface area contributed by atoms with Crippen molar-refractivity contribution in [1.82, 2.24) is 5.48 Å². The molecule has 1 aromatic rings. The van der Waals surface area contributed by atoms with Gasteiger partial charge in [0.2, 0.25) is 5.78 Å². The van der Waals surface area contributed by atoms with Crippen LogP contribution >= 0.6 is 0 Å². The van der Waals surface area contributed by atoms with Crippen molar-refractivity contribution in [3.63, 3.8) is 0 Å². The zero-order chi connectivity index (χ0) is 23.1. The van der Waals surface area contributed by atoms with Crippen molar-refractivity contribution in [2.45, 2.75) is 89.8 Å². The summed E-state index contributed by atoms with van der Waals surface area (Å²) in [5.41, 5.74) is 4.30. The van der Waals surface area contributed by atoms with Gasteiger partial charge in [-0.15, -0.1) is 0 Å². The lowest BCUT2D eigenvalue weighted by Crippen LogP contribution is -2.50. The van der Waals surface area contributed by atoms with Crippen molar-refractivity contribution in [1.29, 1.82) is 0 Å². The Hall–Kier alpha value is -2.02. The number of hydroxylamine groups is 1. The molecule has 0 saturated carbocycles. The van der Waals surface area contributed by atoms with Crippen molar-refractivity contribution < 1.29 is 24.3 Å². The molecule has 1 aromatic carbocycles. The van der Waals surface area contributed by atoms with Gasteiger partial charge < -0.3 is 9.84 Å². The fourth-order valence-electron chi connectivity index (χ4n) is 3.82. The smallest absolute Gasteiger partial charge is 0.303 e. The second kappa shape index (κ2) is 14.9. The molecule has 0 aliphatic carbocycles. The molecular formula is C26H39NO5. The number of ether oxygens (including phenoxy) is 1. The molecule has 1 fully saturated rings. The summed E-state index contributed by atoms with van der Waals surface area (Å²) in [6.45, 7) is 3.03. The van der Waals surface area contributed by atoms with Crippen LogP contribution in [-0.4, -0.2) is 35.8 Å². The van der Waals surface area contributed by atoms with E-state index in [1.807, 2.05) is 18.2 Å². The Bertz CT molecular complexity index is 725. The summed E-state index contributed by atoms with van der Waals surface area (Å²) in [7, 11) is 0. The van der Waals surface area contributed by atoms with Gasteiger partial charge in [0.05, 0.1) is 6.61 Å². The van der Waals surface area contributed by atoms with E-state index in [4.69, 9.17) is 14.7 Å². The van der Waals surface area contributed by atoms with E-state index in [9.17, 15) is 9.59 Å². The number of Topliss-reactive ketones (excluding diaryl/α,β-unsaturated/α-hetero) is 1. The number of nitrogens with one attached hydrogen (secondary N) is 1. The highest BCUT2D eigenvalue weighted by Crippen LogP contribution is 2.30. The number of carbonyl (C=O) groups is 2. The fourth-order valence-corrected chi connectivity index (χ4v) is 3.82. The van der Waals surface area contributed by atoms with Crippen molar-refractivity contribution in [2.24, 2.45) is 0 Å². The lowest BCUT2D eigenvalue weighted by atomic mass is 9.95. The Kier molecular flexibility index (Phi) is 12.2. The van der Waals surface area contributed by atoms with Gasteiger partial charge in [-0.3, -0.25) is 14.4 Å². The van der Waals surface area contributed by atoms with Gasteiger partial charge in [-0.25, -0.2) is 0 Å². The van der Waals surface area contributed by atoms with E-state index in [-0.39, 0.29) is 12.2 Å². The molecule has 178 valence electrons. The highest BCUT2D eigenvalue weighted by Gasteiger charge is 2.43. The second-order valence-electron chi connectivity index (χ2n) is 8.47. The molecular weight excluding hydrogens is 406 g/mol. The van der Waals surface area contributed by atoms with Crippen LogP contribution in [-0.2, 0) is 14.4 Å². The standard InChI is InChI=1S/C26H39NO5/c1-2-3-4-5-6-7-8-9-14-22-15-12-16-23(21-22)25(30)26(18-10-11-20-31-26)32-27-19-13-17-24(28)29/h9,12,14-16,21,27H,2-8,10-11,13,17-20H2,1H3,(H,28,29). The number of aliphatic carboxylic acids is 1. The van der Waals surface area contributed by atoms with Gasteiger partial charge in [0.1, 0.15) is 0 Å². The van der Waals surface area contributed by atoms with E-state index in [1.54, 1.807) is 6.07 Å². The molecule has 2 rings (SSSR count). The quantitative estimate of drug-likeness (QED) is 0.187. The average molecular weight is 446 g/mol. The Morgan fingerprint density at radius 1 is 1.16 bits per heavy atom. The van der Waals surface area contributed by atoms with Gasteiger partial charge in [-0.05, 0) is 43.7 Å². The highest BCUT2D eigenvalue weighted by atomic mass is 16.8. The van der Waals surface area contributed by atoms with E-state index in [0.29, 0.717) is 31.6 Å². The maximum absolute atomic E-state index is 13.3. The van der Waals surface area contributed by atoms with Crippen LogP contribution in [0.1, 0.15) is 99.9 Å². The molecule has 1 atom stereocenters. The molecule has 0 amide bonds. The Balaban J connectivity index is 1.92. The predicted octanol–water partition coefficient (Wildman–Crippen LogP) is 5.92. The van der Waals surface area contributed by atoms with Crippen molar-refractivity contribution in [2.75, 3.05) is 13.2 Å². The first-order valence-corrected chi connectivity index (χ1v) is 12.2. The topological polar surface area (TPSA) is 84.9 Å². The number of carboxylic acids is 1. The molecule has 6 heteroatoms. The van der Waals surface area contributed by atoms with Gasteiger partial charge in [0, 0.05) is 24.9 Å². The lowest BCUT2D eigenvalue weighted by molar-refractivity contribution is -0.249. The SMILES string of the molecule is CCCCCCCCC=Cc1cccc(C(=O)C2(ONCCCC(=O)O)CCCCO2)c1. The maximum atomic E-state index is 13.3. The minimum atomic E-state index is -1.36. The number of ketones is 1. The molecule has 2 N–H and O–H groups in total. The van der Waals surface area contributed by atoms with Crippen LogP contribution in [0.15, 0.2) is 30.3 Å². The number of hydrogen-bond donors (Lipinski definition) is 2. The van der Waals surface area contributed by atoms with Crippen LogP contribution in [0.5, 0.6) is 0 Å². The molecule has 1 unspecified atom stereocenters. The number of carboxylic acid groups (broad SMARTS) is 1. The first kappa shape index (κ1) is 26.2. The summed E-state index contributed by atoms with van der Waals surface area (Å²) in [4.78, 5) is 29.7. The molecule has 1 aliphatic rings. The third-order valence-electron chi connectivity index (χ3n) is 5.67. The average Bonchev–Trinajstić information content (AvgIpc) is 2.80. The van der Waals surface area contributed by atoms with E-state index in [0.717, 1.165) is 24.8 Å². The van der Waals surface area contributed by atoms with Crippen LogP contribution in [0.4, 0.5) is 0 Å². The van der Waals surface area contributed by atoms with Crippen LogP contribution in [0, 0.1) is 0 Å². The third-order valence-corrected chi connectivity index (χ3v) is 5.67. The fraction of sp³-hybridized carbons (Fsp3) is 0.615. The first-order valence-electron chi connectivity index (χ1n) is 12.2. The highest BCUT2D eigenvalue weighted by molar-refractivity contribution is 6.02. The van der Waals surface area contributed by atoms with Crippen LogP contribution < -0.4 is 5.48 Å². The van der Waals surface area contributed by atoms with Gasteiger partial charge in [-0.2, -0.15) is 5.48 Å². The molecule has 1 heterocycles. The first-order chi connectivity index (χ1) is 15.6. The summed E-state index contributed by atoms with van der Waals surface area (Å²) >= 11 is 0. The number of carbonyl (C=O) groups excluding carboxylic acids is 1. The number of unbranched alkanes of at least 4 members (excludes halogenated alkanes) is 6. The van der Waals surface area contributed by atoms with Crippen molar-refractivity contribution >= 4 is 17.8 Å². The van der Waals surface area contributed by atoms with E-state index in [2.05, 4.69) is 24.6 Å². The monoisotopic (exact) mass is 445 g/mol. The summed E-state index contributed by atoms with van der Waals surface area (Å²) in [5, 5.41) is 8.76. The molecule has 1 saturated heterocycles. The van der Waals surface area contributed by atoms with Gasteiger partial charge in [0.25, 0.3) is 5.79 Å². The Labute approximate surface area is 192 Å². The summed E-state index contributed by atoms with van der Waals surface area (Å²) < 4.78 is 5.83. The molecule has 0 aromatic heterocycles. The molecule has 1 aliphatic heterocycles. The van der Waals surface area contributed by atoms with Crippen LogP contribution in [0.2, 0.25) is 0 Å². The zero-order valence-electron chi connectivity index (χ0n) is 19.4. The Morgan fingerprint density at radius 3 is 2.72 bits per heavy atom. The minimum absolute atomic E-state index is 0.0469. The van der Waals surface area contributed by atoms with Crippen LogP contribution in [0.3, 0.4) is 0 Å². The number of allylic oxidation sites excluding steroid dienone is 1. The summed E-state index contributed by atoms with van der Waals surface area (Å²) in [5.74, 6) is -2.41. The van der Waals surface area contributed by atoms with Crippen molar-refractivity contribution in [3.05, 3.63) is 41.5 Å². The molecule has 6 nitrogen and oxygen atoms in total. The lowest BCUT2D eigenvalue weighted by Gasteiger charge is -2.35.